The molecule has 0 radical (unpaired) electrons. The van der Waals surface area contributed by atoms with Crippen LogP contribution in [-0.2, 0) is 11.4 Å². The molecule has 0 saturated heterocycles. The molecule has 6 heteroatoms. The van der Waals surface area contributed by atoms with E-state index in [1.165, 1.54) is 18.2 Å². The molecule has 2 aromatic carbocycles. The van der Waals surface area contributed by atoms with Gasteiger partial charge in [0.25, 0.3) is 0 Å². The molecule has 1 N–H and O–H groups in total. The number of pyridine rings is 1. The van der Waals surface area contributed by atoms with Gasteiger partial charge in [-0.2, -0.15) is 0 Å². The van der Waals surface area contributed by atoms with Gasteiger partial charge >= 0.3 is 0 Å². The van der Waals surface area contributed by atoms with E-state index in [1.807, 2.05) is 42.5 Å². The van der Waals surface area contributed by atoms with Gasteiger partial charge in [0.1, 0.15) is 23.9 Å². The first-order valence-corrected chi connectivity index (χ1v) is 10.2. The standard InChI is InChI=1S/C25H25FN2O3/c26-21-9-13-23(14-10-21)30-18-4-3-17-28-25(29)15-8-20-6-11-24(12-7-20)31-19-22-5-1-2-16-27-22/h1-2,5-16H,3-4,17-19H2,(H,28,29)/b15-8+. The molecule has 0 saturated carbocycles. The quantitative estimate of drug-likeness (QED) is 0.358. The molecular weight excluding hydrogens is 395 g/mol. The Bertz CT molecular complexity index is 958. The number of carbonyl (C=O) groups is 1. The van der Waals surface area contributed by atoms with Crippen LogP contribution >= 0.6 is 0 Å². The van der Waals surface area contributed by atoms with Crippen LogP contribution in [0, 0.1) is 5.82 Å². The van der Waals surface area contributed by atoms with Crippen molar-refractivity contribution in [1.82, 2.24) is 10.3 Å². The average Bonchev–Trinajstić information content (AvgIpc) is 2.81. The highest BCUT2D eigenvalue weighted by atomic mass is 19.1. The summed E-state index contributed by atoms with van der Waals surface area (Å²) in [6, 6.07) is 19.1. The Balaban J connectivity index is 1.29. The van der Waals surface area contributed by atoms with Gasteiger partial charge in [-0.3, -0.25) is 9.78 Å². The number of rotatable bonds is 11. The molecule has 0 aliphatic rings. The van der Waals surface area contributed by atoms with E-state index in [0.29, 0.717) is 25.5 Å². The molecule has 0 aliphatic carbocycles. The van der Waals surface area contributed by atoms with E-state index in [2.05, 4.69) is 10.3 Å². The van der Waals surface area contributed by atoms with Gasteiger partial charge < -0.3 is 14.8 Å². The molecule has 3 aromatic rings. The summed E-state index contributed by atoms with van der Waals surface area (Å²) in [5.74, 6) is 0.958. The van der Waals surface area contributed by atoms with Crippen molar-refractivity contribution in [3.8, 4) is 11.5 Å². The predicted octanol–water partition coefficient (Wildman–Crippen LogP) is 4.79. The van der Waals surface area contributed by atoms with Gasteiger partial charge in [-0.15, -0.1) is 0 Å². The lowest BCUT2D eigenvalue weighted by Gasteiger charge is -2.06. The smallest absolute Gasteiger partial charge is 0.243 e. The Morgan fingerprint density at radius 1 is 0.935 bits per heavy atom. The van der Waals surface area contributed by atoms with Crippen LogP contribution in [0.3, 0.4) is 0 Å². The van der Waals surface area contributed by atoms with E-state index >= 15 is 0 Å². The van der Waals surface area contributed by atoms with Crippen LogP contribution in [0.2, 0.25) is 0 Å². The molecule has 0 atom stereocenters. The first-order valence-electron chi connectivity index (χ1n) is 10.2. The number of aromatic nitrogens is 1. The largest absolute Gasteiger partial charge is 0.494 e. The minimum Gasteiger partial charge on any atom is -0.494 e. The number of halogens is 1. The molecule has 1 aromatic heterocycles. The van der Waals surface area contributed by atoms with Crippen molar-refractivity contribution < 1.29 is 18.7 Å². The van der Waals surface area contributed by atoms with Gasteiger partial charge in [-0.25, -0.2) is 4.39 Å². The summed E-state index contributed by atoms with van der Waals surface area (Å²) < 4.78 is 24.0. The number of hydrogen-bond acceptors (Lipinski definition) is 4. The summed E-state index contributed by atoms with van der Waals surface area (Å²) in [6.07, 6.45) is 6.60. The van der Waals surface area contributed by atoms with Gasteiger partial charge in [0.05, 0.1) is 12.3 Å². The van der Waals surface area contributed by atoms with Crippen molar-refractivity contribution in [2.24, 2.45) is 0 Å². The summed E-state index contributed by atoms with van der Waals surface area (Å²) in [4.78, 5) is 16.2. The fraction of sp³-hybridized carbons (Fsp3) is 0.200. The van der Waals surface area contributed by atoms with Crippen LogP contribution in [-0.4, -0.2) is 24.0 Å². The number of hydrogen-bond donors (Lipinski definition) is 1. The zero-order chi connectivity index (χ0) is 21.7. The van der Waals surface area contributed by atoms with Crippen LogP contribution in [0.4, 0.5) is 4.39 Å². The van der Waals surface area contributed by atoms with E-state index in [-0.39, 0.29) is 11.7 Å². The van der Waals surface area contributed by atoms with Crippen molar-refractivity contribution >= 4 is 12.0 Å². The van der Waals surface area contributed by atoms with Crippen LogP contribution < -0.4 is 14.8 Å². The summed E-state index contributed by atoms with van der Waals surface area (Å²) in [6.45, 7) is 1.50. The molecule has 3 rings (SSSR count). The summed E-state index contributed by atoms with van der Waals surface area (Å²) in [5.41, 5.74) is 1.78. The Morgan fingerprint density at radius 3 is 2.42 bits per heavy atom. The van der Waals surface area contributed by atoms with Gasteiger partial charge in [0.15, 0.2) is 0 Å². The molecule has 0 fully saturated rings. The van der Waals surface area contributed by atoms with Gasteiger partial charge in [-0.1, -0.05) is 18.2 Å². The lowest BCUT2D eigenvalue weighted by molar-refractivity contribution is -0.116. The fourth-order valence-corrected chi connectivity index (χ4v) is 2.71. The fourth-order valence-electron chi connectivity index (χ4n) is 2.71. The minimum absolute atomic E-state index is 0.144. The van der Waals surface area contributed by atoms with Crippen LogP contribution in [0.5, 0.6) is 11.5 Å². The SMILES string of the molecule is O=C(/C=C/c1ccc(OCc2ccccn2)cc1)NCCCCOc1ccc(F)cc1. The molecule has 160 valence electrons. The molecule has 5 nitrogen and oxygen atoms in total. The predicted molar refractivity (Wildman–Crippen MR) is 118 cm³/mol. The molecule has 0 spiro atoms. The topological polar surface area (TPSA) is 60.5 Å². The number of benzene rings is 2. The first kappa shape index (κ1) is 22.0. The molecule has 31 heavy (non-hydrogen) atoms. The Hall–Kier alpha value is -3.67. The van der Waals surface area contributed by atoms with Crippen molar-refractivity contribution in [2.45, 2.75) is 19.4 Å². The number of ether oxygens (including phenoxy) is 2. The van der Waals surface area contributed by atoms with Crippen molar-refractivity contribution in [3.05, 3.63) is 96.1 Å². The van der Waals surface area contributed by atoms with Gasteiger partial charge in [0.2, 0.25) is 5.91 Å². The first-order chi connectivity index (χ1) is 15.2. The summed E-state index contributed by atoms with van der Waals surface area (Å²) >= 11 is 0. The number of unbranched alkanes of at least 4 members (excludes halogenated alkanes) is 1. The third-order valence-corrected chi connectivity index (χ3v) is 4.37. The highest BCUT2D eigenvalue weighted by molar-refractivity contribution is 5.91. The average molecular weight is 420 g/mol. The Morgan fingerprint density at radius 2 is 1.68 bits per heavy atom. The third kappa shape index (κ3) is 8.30. The molecular formula is C25H25FN2O3. The minimum atomic E-state index is -0.284. The Labute approximate surface area is 181 Å². The van der Waals surface area contributed by atoms with Crippen molar-refractivity contribution in [1.29, 1.82) is 0 Å². The van der Waals surface area contributed by atoms with Crippen molar-refractivity contribution in [2.75, 3.05) is 13.2 Å². The second kappa shape index (κ2) is 12.1. The molecule has 0 bridgehead atoms. The highest BCUT2D eigenvalue weighted by Gasteiger charge is 1.99. The maximum atomic E-state index is 12.8. The highest BCUT2D eigenvalue weighted by Crippen LogP contribution is 2.15. The van der Waals surface area contributed by atoms with E-state index in [9.17, 15) is 9.18 Å². The molecule has 1 heterocycles. The second-order valence-electron chi connectivity index (χ2n) is 6.81. The van der Waals surface area contributed by atoms with Crippen molar-refractivity contribution in [3.63, 3.8) is 0 Å². The number of nitrogens with zero attached hydrogens (tertiary/aromatic N) is 1. The van der Waals surface area contributed by atoms with Crippen LogP contribution in [0.25, 0.3) is 6.08 Å². The maximum absolute atomic E-state index is 12.8. The summed E-state index contributed by atoms with van der Waals surface area (Å²) in [5, 5.41) is 2.85. The van der Waals surface area contributed by atoms with E-state index < -0.39 is 0 Å². The molecule has 1 amide bonds. The second-order valence-corrected chi connectivity index (χ2v) is 6.81. The number of amides is 1. The van der Waals surface area contributed by atoms with Gasteiger partial charge in [0, 0.05) is 18.8 Å². The molecule has 0 unspecified atom stereocenters. The zero-order valence-corrected chi connectivity index (χ0v) is 17.2. The maximum Gasteiger partial charge on any atom is 0.243 e. The Kier molecular flexibility index (Phi) is 8.61. The summed E-state index contributed by atoms with van der Waals surface area (Å²) in [7, 11) is 0. The zero-order valence-electron chi connectivity index (χ0n) is 17.2. The number of nitrogens with one attached hydrogen (secondary N) is 1. The molecule has 0 aliphatic heterocycles. The monoisotopic (exact) mass is 420 g/mol. The van der Waals surface area contributed by atoms with E-state index in [4.69, 9.17) is 9.47 Å². The lowest BCUT2D eigenvalue weighted by Crippen LogP contribution is -2.22. The van der Waals surface area contributed by atoms with Gasteiger partial charge in [-0.05, 0) is 73.0 Å². The van der Waals surface area contributed by atoms with Crippen LogP contribution in [0.1, 0.15) is 24.1 Å². The normalized spacial score (nSPS) is 10.7. The lowest BCUT2D eigenvalue weighted by atomic mass is 10.2. The van der Waals surface area contributed by atoms with Crippen LogP contribution in [0.15, 0.2) is 79.0 Å². The van der Waals surface area contributed by atoms with E-state index in [1.54, 1.807) is 24.4 Å². The number of carbonyl (C=O) groups excluding carboxylic acids is 1. The third-order valence-electron chi connectivity index (χ3n) is 4.37. The van der Waals surface area contributed by atoms with E-state index in [0.717, 1.165) is 29.8 Å².